The molecule has 1 N–H and O–H groups in total. The van der Waals surface area contributed by atoms with E-state index in [2.05, 4.69) is 10.2 Å². The standard InChI is InChI=1S/C11H19F3N2/c12-11(13,14)4-1-5-15-10-3-7-16-6-2-9(10)8-16/h9-10,15H,1-8H2. The minimum atomic E-state index is -4.00. The highest BCUT2D eigenvalue weighted by atomic mass is 19.4. The minimum absolute atomic E-state index is 0.205. The summed E-state index contributed by atoms with van der Waals surface area (Å²) >= 11 is 0. The zero-order valence-electron chi connectivity index (χ0n) is 9.39. The van der Waals surface area contributed by atoms with Gasteiger partial charge in [0.15, 0.2) is 0 Å². The lowest BCUT2D eigenvalue weighted by molar-refractivity contribution is -0.135. The Hall–Kier alpha value is -0.290. The molecule has 5 heteroatoms. The van der Waals surface area contributed by atoms with Crippen molar-refractivity contribution in [2.24, 2.45) is 5.92 Å². The van der Waals surface area contributed by atoms with E-state index in [0.29, 0.717) is 18.5 Å². The van der Waals surface area contributed by atoms with Crippen molar-refractivity contribution in [1.29, 1.82) is 0 Å². The van der Waals surface area contributed by atoms with Gasteiger partial charge in [-0.15, -0.1) is 0 Å². The van der Waals surface area contributed by atoms with E-state index in [1.54, 1.807) is 0 Å². The molecule has 2 saturated heterocycles. The molecule has 0 saturated carbocycles. The van der Waals surface area contributed by atoms with Crippen molar-refractivity contribution in [3.63, 3.8) is 0 Å². The summed E-state index contributed by atoms with van der Waals surface area (Å²) in [6.07, 6.45) is -2.16. The Labute approximate surface area is 94.2 Å². The lowest BCUT2D eigenvalue weighted by atomic mass is 9.94. The first-order valence-electron chi connectivity index (χ1n) is 6.07. The molecular formula is C11H19F3N2. The molecule has 3 atom stereocenters. The first-order chi connectivity index (χ1) is 7.54. The van der Waals surface area contributed by atoms with Crippen molar-refractivity contribution < 1.29 is 13.2 Å². The molecule has 0 amide bonds. The van der Waals surface area contributed by atoms with Crippen LogP contribution in [0.4, 0.5) is 13.2 Å². The molecule has 0 aliphatic carbocycles. The van der Waals surface area contributed by atoms with Crippen LogP contribution in [0.15, 0.2) is 0 Å². The molecule has 2 nitrogen and oxygen atoms in total. The summed E-state index contributed by atoms with van der Waals surface area (Å²) in [5.74, 6) is 0.666. The van der Waals surface area contributed by atoms with Crippen molar-refractivity contribution in [3.05, 3.63) is 0 Å². The second-order valence-electron chi connectivity index (χ2n) is 4.92. The van der Waals surface area contributed by atoms with Crippen LogP contribution in [0.25, 0.3) is 0 Å². The van der Waals surface area contributed by atoms with Crippen molar-refractivity contribution >= 4 is 0 Å². The fourth-order valence-corrected chi connectivity index (χ4v) is 2.80. The molecule has 2 aliphatic heterocycles. The molecular weight excluding hydrogens is 217 g/mol. The van der Waals surface area contributed by atoms with Gasteiger partial charge in [-0.25, -0.2) is 0 Å². The van der Waals surface area contributed by atoms with Gasteiger partial charge in [-0.1, -0.05) is 0 Å². The van der Waals surface area contributed by atoms with Gasteiger partial charge >= 0.3 is 6.18 Å². The Balaban J connectivity index is 1.63. The molecule has 94 valence electrons. The van der Waals surface area contributed by atoms with E-state index in [-0.39, 0.29) is 6.42 Å². The van der Waals surface area contributed by atoms with Gasteiger partial charge in [-0.05, 0) is 44.8 Å². The highest BCUT2D eigenvalue weighted by molar-refractivity contribution is 4.90. The van der Waals surface area contributed by atoms with Gasteiger partial charge in [-0.3, -0.25) is 0 Å². The smallest absolute Gasteiger partial charge is 0.314 e. The molecule has 2 rings (SSSR count). The van der Waals surface area contributed by atoms with Crippen molar-refractivity contribution in [1.82, 2.24) is 10.2 Å². The zero-order valence-corrected chi connectivity index (χ0v) is 9.39. The average Bonchev–Trinajstić information content (AvgIpc) is 2.57. The summed E-state index contributed by atoms with van der Waals surface area (Å²) in [6, 6.07) is 0.451. The van der Waals surface area contributed by atoms with E-state index in [1.807, 2.05) is 0 Å². The Morgan fingerprint density at radius 2 is 1.94 bits per heavy atom. The Morgan fingerprint density at radius 3 is 2.69 bits per heavy atom. The van der Waals surface area contributed by atoms with E-state index in [0.717, 1.165) is 19.5 Å². The van der Waals surface area contributed by atoms with Crippen LogP contribution in [0, 0.1) is 5.92 Å². The zero-order chi connectivity index (χ0) is 11.6. The van der Waals surface area contributed by atoms with E-state index in [9.17, 15) is 13.2 Å². The molecule has 0 radical (unpaired) electrons. The lowest BCUT2D eigenvalue weighted by Gasteiger charge is -2.31. The summed E-state index contributed by atoms with van der Waals surface area (Å²) in [6.45, 7) is 3.91. The summed E-state index contributed by atoms with van der Waals surface area (Å²) in [7, 11) is 0. The number of piperidine rings is 1. The maximum absolute atomic E-state index is 11.9. The highest BCUT2D eigenvalue weighted by Crippen LogP contribution is 2.27. The topological polar surface area (TPSA) is 15.3 Å². The van der Waals surface area contributed by atoms with Crippen molar-refractivity contribution in [2.75, 3.05) is 26.2 Å². The SMILES string of the molecule is FC(F)(F)CCCNC1CCN2CCC1C2. The van der Waals surface area contributed by atoms with E-state index in [1.165, 1.54) is 13.0 Å². The maximum Gasteiger partial charge on any atom is 0.389 e. The largest absolute Gasteiger partial charge is 0.389 e. The molecule has 2 bridgehead atoms. The molecule has 2 aliphatic rings. The summed E-state index contributed by atoms with van der Waals surface area (Å²) in [5.41, 5.74) is 0. The number of nitrogens with zero attached hydrogens (tertiary/aromatic N) is 1. The highest BCUT2D eigenvalue weighted by Gasteiger charge is 2.34. The van der Waals surface area contributed by atoms with Crippen LogP contribution >= 0.6 is 0 Å². The number of hydrogen-bond donors (Lipinski definition) is 1. The molecule has 0 aromatic heterocycles. The van der Waals surface area contributed by atoms with Gasteiger partial charge in [0.25, 0.3) is 0 Å². The van der Waals surface area contributed by atoms with Crippen LogP contribution in [-0.4, -0.2) is 43.3 Å². The van der Waals surface area contributed by atoms with Gasteiger partial charge in [-0.2, -0.15) is 13.2 Å². The van der Waals surface area contributed by atoms with Crippen molar-refractivity contribution in [2.45, 2.75) is 37.9 Å². The van der Waals surface area contributed by atoms with E-state index in [4.69, 9.17) is 0 Å². The average molecular weight is 236 g/mol. The lowest BCUT2D eigenvalue weighted by Crippen LogP contribution is -2.44. The molecule has 16 heavy (non-hydrogen) atoms. The fraction of sp³-hybridized carbons (Fsp3) is 1.00. The third-order valence-corrected chi connectivity index (χ3v) is 3.68. The third kappa shape index (κ3) is 3.35. The number of nitrogens with one attached hydrogen (secondary N) is 1. The number of alkyl halides is 3. The second-order valence-corrected chi connectivity index (χ2v) is 4.92. The Bertz CT molecular complexity index is 230. The number of halogens is 3. The number of hydrogen-bond acceptors (Lipinski definition) is 2. The monoisotopic (exact) mass is 236 g/mol. The number of rotatable bonds is 4. The first kappa shape index (κ1) is 12.2. The molecule has 2 heterocycles. The predicted molar refractivity (Wildman–Crippen MR) is 56.2 cm³/mol. The first-order valence-corrected chi connectivity index (χ1v) is 6.07. The number of fused-ring (bicyclic) bond motifs is 2. The van der Waals surface area contributed by atoms with Crippen LogP contribution in [0.3, 0.4) is 0 Å². The molecule has 2 fully saturated rings. The van der Waals surface area contributed by atoms with E-state index >= 15 is 0 Å². The van der Waals surface area contributed by atoms with Crippen LogP contribution in [0.2, 0.25) is 0 Å². The third-order valence-electron chi connectivity index (χ3n) is 3.68. The minimum Gasteiger partial charge on any atom is -0.314 e. The summed E-state index contributed by atoms with van der Waals surface area (Å²) in [4.78, 5) is 2.44. The van der Waals surface area contributed by atoms with Crippen LogP contribution < -0.4 is 5.32 Å². The van der Waals surface area contributed by atoms with Gasteiger partial charge in [0.1, 0.15) is 0 Å². The van der Waals surface area contributed by atoms with Gasteiger partial charge in [0.2, 0.25) is 0 Å². The normalized spacial score (nSPS) is 34.3. The van der Waals surface area contributed by atoms with Gasteiger partial charge in [0, 0.05) is 19.0 Å². The van der Waals surface area contributed by atoms with Gasteiger partial charge in [0.05, 0.1) is 0 Å². The second kappa shape index (κ2) is 4.92. The molecule has 0 spiro atoms. The van der Waals surface area contributed by atoms with Crippen LogP contribution in [0.5, 0.6) is 0 Å². The van der Waals surface area contributed by atoms with Gasteiger partial charge < -0.3 is 10.2 Å². The predicted octanol–water partition coefficient (Wildman–Crippen LogP) is 2.01. The molecule has 3 unspecified atom stereocenters. The Morgan fingerprint density at radius 1 is 1.19 bits per heavy atom. The Kier molecular flexibility index (Phi) is 3.74. The quantitative estimate of drug-likeness (QED) is 0.751. The molecule has 0 aromatic rings. The van der Waals surface area contributed by atoms with Crippen LogP contribution in [-0.2, 0) is 0 Å². The summed E-state index contributed by atoms with van der Waals surface area (Å²) < 4.78 is 35.8. The fourth-order valence-electron chi connectivity index (χ4n) is 2.80. The molecule has 0 aromatic carbocycles. The van der Waals surface area contributed by atoms with Crippen molar-refractivity contribution in [3.8, 4) is 0 Å². The summed E-state index contributed by atoms with van der Waals surface area (Å²) in [5, 5.41) is 3.30. The van der Waals surface area contributed by atoms with Crippen LogP contribution in [0.1, 0.15) is 25.7 Å². The maximum atomic E-state index is 11.9. The van der Waals surface area contributed by atoms with E-state index < -0.39 is 12.6 Å².